The molecule has 0 heterocycles. The Morgan fingerprint density at radius 3 is 2.34 bits per heavy atom. The van der Waals surface area contributed by atoms with Crippen molar-refractivity contribution in [3.8, 4) is 5.75 Å². The van der Waals surface area contributed by atoms with Gasteiger partial charge in [-0.25, -0.2) is 4.79 Å². The number of hydrogen-bond donors (Lipinski definition) is 2. The van der Waals surface area contributed by atoms with Crippen molar-refractivity contribution in [2.24, 2.45) is 5.16 Å². The van der Waals surface area contributed by atoms with E-state index in [9.17, 15) is 9.90 Å². The molecule has 3 aromatic rings. The van der Waals surface area contributed by atoms with Crippen molar-refractivity contribution in [1.82, 2.24) is 0 Å². The number of nitrogens with one attached hydrogen (secondary N) is 1. The number of oxime groups is 1. The molecule has 3 rings (SSSR count). The fraction of sp³-hybridized carbons (Fsp3) is 0.400. The van der Waals surface area contributed by atoms with Crippen LogP contribution in [0.2, 0.25) is 0 Å². The number of aromatic hydroxyl groups is 1. The van der Waals surface area contributed by atoms with Crippen molar-refractivity contribution in [1.29, 1.82) is 0 Å². The molecule has 3 aromatic carbocycles. The third kappa shape index (κ3) is 8.43. The molecule has 0 aliphatic carbocycles. The minimum absolute atomic E-state index is 0.142. The zero-order chi connectivity index (χ0) is 24.9. The van der Waals surface area contributed by atoms with E-state index in [0.29, 0.717) is 23.4 Å². The Hall–Kier alpha value is -3.34. The van der Waals surface area contributed by atoms with E-state index in [1.54, 1.807) is 6.07 Å². The van der Waals surface area contributed by atoms with Gasteiger partial charge in [-0.3, -0.25) is 10.2 Å². The van der Waals surface area contributed by atoms with Crippen molar-refractivity contribution < 1.29 is 14.7 Å². The van der Waals surface area contributed by atoms with Crippen LogP contribution in [0.1, 0.15) is 82.3 Å². The molecular formula is C30H38N2O3. The monoisotopic (exact) mass is 474 g/mol. The van der Waals surface area contributed by atoms with Crippen molar-refractivity contribution in [3.05, 3.63) is 71.8 Å². The SMILES string of the molecule is CCCCCCCCCCC/C(=N\OC(=O)Nc1cccc2ccccc12)c1cc(C)ccc1O. The van der Waals surface area contributed by atoms with Crippen LogP contribution in [0, 0.1) is 6.92 Å². The lowest BCUT2D eigenvalue weighted by Gasteiger charge is -2.11. The zero-order valence-corrected chi connectivity index (χ0v) is 21.1. The van der Waals surface area contributed by atoms with Crippen LogP contribution in [0.5, 0.6) is 5.75 Å². The molecule has 0 unspecified atom stereocenters. The summed E-state index contributed by atoms with van der Waals surface area (Å²) in [7, 11) is 0. The predicted molar refractivity (Wildman–Crippen MR) is 145 cm³/mol. The second-order valence-corrected chi connectivity index (χ2v) is 9.17. The van der Waals surface area contributed by atoms with E-state index < -0.39 is 6.09 Å². The van der Waals surface area contributed by atoms with E-state index in [0.717, 1.165) is 29.2 Å². The highest BCUT2D eigenvalue weighted by atomic mass is 16.7. The van der Waals surface area contributed by atoms with Gasteiger partial charge in [0.1, 0.15) is 5.75 Å². The lowest BCUT2D eigenvalue weighted by atomic mass is 10.00. The molecule has 0 aliphatic heterocycles. The molecule has 1 amide bonds. The predicted octanol–water partition coefficient (Wildman–Crippen LogP) is 8.73. The zero-order valence-electron chi connectivity index (χ0n) is 21.1. The molecule has 0 radical (unpaired) electrons. The molecule has 0 saturated heterocycles. The van der Waals surface area contributed by atoms with Gasteiger partial charge in [0.2, 0.25) is 0 Å². The Balaban J connectivity index is 1.60. The largest absolute Gasteiger partial charge is 0.507 e. The van der Waals surface area contributed by atoms with Gasteiger partial charge >= 0.3 is 6.09 Å². The molecule has 0 spiro atoms. The first kappa shape index (κ1) is 26.3. The summed E-state index contributed by atoms with van der Waals surface area (Å²) in [6.45, 7) is 4.20. The number of fused-ring (bicyclic) bond motifs is 1. The molecule has 0 bridgehead atoms. The van der Waals surface area contributed by atoms with Gasteiger partial charge in [0, 0.05) is 10.9 Å². The Morgan fingerprint density at radius 1 is 0.886 bits per heavy atom. The number of benzene rings is 3. The lowest BCUT2D eigenvalue weighted by Crippen LogP contribution is -2.13. The summed E-state index contributed by atoms with van der Waals surface area (Å²) in [5.74, 6) is 0.142. The third-order valence-electron chi connectivity index (χ3n) is 6.25. The Morgan fingerprint density at radius 2 is 1.57 bits per heavy atom. The Kier molecular flexibility index (Phi) is 10.6. The number of nitrogens with zero attached hydrogens (tertiary/aromatic N) is 1. The first-order chi connectivity index (χ1) is 17.1. The van der Waals surface area contributed by atoms with Crippen LogP contribution in [0.4, 0.5) is 10.5 Å². The van der Waals surface area contributed by atoms with Gasteiger partial charge < -0.3 is 5.11 Å². The molecule has 0 aromatic heterocycles. The molecule has 5 heteroatoms. The maximum Gasteiger partial charge on any atom is 0.437 e. The highest BCUT2D eigenvalue weighted by Crippen LogP contribution is 2.24. The smallest absolute Gasteiger partial charge is 0.437 e. The van der Waals surface area contributed by atoms with Gasteiger partial charge in [-0.15, -0.1) is 0 Å². The summed E-state index contributed by atoms with van der Waals surface area (Å²) in [5, 5.41) is 19.4. The highest BCUT2D eigenvalue weighted by molar-refractivity contribution is 6.03. The second kappa shape index (κ2) is 14.1. The average molecular weight is 475 g/mol. The van der Waals surface area contributed by atoms with Crippen molar-refractivity contribution >= 4 is 28.3 Å². The summed E-state index contributed by atoms with van der Waals surface area (Å²) >= 11 is 0. The summed E-state index contributed by atoms with van der Waals surface area (Å²) in [4.78, 5) is 17.8. The lowest BCUT2D eigenvalue weighted by molar-refractivity contribution is 0.166. The molecule has 5 nitrogen and oxygen atoms in total. The highest BCUT2D eigenvalue weighted by Gasteiger charge is 2.13. The third-order valence-corrected chi connectivity index (χ3v) is 6.25. The number of unbranched alkanes of at least 4 members (excludes halogenated alkanes) is 8. The van der Waals surface area contributed by atoms with E-state index >= 15 is 0 Å². The van der Waals surface area contributed by atoms with E-state index in [1.807, 2.05) is 61.5 Å². The first-order valence-electron chi connectivity index (χ1n) is 12.9. The molecule has 2 N–H and O–H groups in total. The summed E-state index contributed by atoms with van der Waals surface area (Å²) in [6, 6.07) is 19.0. The summed E-state index contributed by atoms with van der Waals surface area (Å²) < 4.78 is 0. The van der Waals surface area contributed by atoms with Gasteiger partial charge in [0.25, 0.3) is 0 Å². The molecule has 0 fully saturated rings. The van der Waals surface area contributed by atoms with Gasteiger partial charge in [0.05, 0.1) is 11.4 Å². The van der Waals surface area contributed by atoms with Crippen LogP contribution in [-0.4, -0.2) is 16.9 Å². The van der Waals surface area contributed by atoms with E-state index in [1.165, 1.54) is 44.9 Å². The number of phenols is 1. The fourth-order valence-corrected chi connectivity index (χ4v) is 4.28. The summed E-state index contributed by atoms with van der Waals surface area (Å²) in [6.07, 6.45) is 11.0. The van der Waals surface area contributed by atoms with Crippen molar-refractivity contribution in [2.75, 3.05) is 5.32 Å². The number of rotatable bonds is 13. The minimum Gasteiger partial charge on any atom is -0.507 e. The first-order valence-corrected chi connectivity index (χ1v) is 12.9. The van der Waals surface area contributed by atoms with Gasteiger partial charge in [-0.1, -0.05) is 111 Å². The van der Waals surface area contributed by atoms with Gasteiger partial charge in [-0.2, -0.15) is 0 Å². The minimum atomic E-state index is -0.655. The molecule has 0 aliphatic rings. The maximum atomic E-state index is 12.6. The fourth-order valence-electron chi connectivity index (χ4n) is 4.28. The molecular weight excluding hydrogens is 436 g/mol. The molecule has 0 saturated carbocycles. The van der Waals surface area contributed by atoms with Crippen LogP contribution in [0.15, 0.2) is 65.8 Å². The standard InChI is InChI=1S/C30H38N2O3/c1-3-4-5-6-7-8-9-10-11-18-28(26-22-23(2)20-21-29(26)33)32-35-30(34)31-27-19-14-16-24-15-12-13-17-25(24)27/h12-17,19-22,33H,3-11,18H2,1-2H3,(H,31,34)/b32-28+. The van der Waals surface area contributed by atoms with Gasteiger partial charge in [0.15, 0.2) is 0 Å². The number of phenolic OH excluding ortho intramolecular Hbond substituents is 1. The quantitative estimate of drug-likeness (QED) is 0.113. The topological polar surface area (TPSA) is 70.9 Å². The van der Waals surface area contributed by atoms with Crippen molar-refractivity contribution in [3.63, 3.8) is 0 Å². The number of amides is 1. The second-order valence-electron chi connectivity index (χ2n) is 9.17. The maximum absolute atomic E-state index is 12.6. The number of anilines is 1. The van der Waals surface area contributed by atoms with Crippen LogP contribution in [0.25, 0.3) is 10.8 Å². The number of hydrogen-bond acceptors (Lipinski definition) is 4. The Labute approximate surface area is 209 Å². The number of carbonyl (C=O) groups is 1. The van der Waals surface area contributed by atoms with Crippen LogP contribution in [-0.2, 0) is 4.84 Å². The molecule has 0 atom stereocenters. The van der Waals surface area contributed by atoms with Crippen LogP contribution in [0.3, 0.4) is 0 Å². The van der Waals surface area contributed by atoms with Crippen LogP contribution >= 0.6 is 0 Å². The van der Waals surface area contributed by atoms with Gasteiger partial charge in [-0.05, 0) is 43.4 Å². The van der Waals surface area contributed by atoms with Crippen LogP contribution < -0.4 is 5.32 Å². The van der Waals surface area contributed by atoms with E-state index in [2.05, 4.69) is 17.4 Å². The normalized spacial score (nSPS) is 11.5. The molecule has 35 heavy (non-hydrogen) atoms. The van der Waals surface area contributed by atoms with E-state index in [4.69, 9.17) is 4.84 Å². The Bertz CT molecular complexity index is 1120. The number of carbonyl (C=O) groups excluding carboxylic acids is 1. The van der Waals surface area contributed by atoms with E-state index in [-0.39, 0.29) is 5.75 Å². The van der Waals surface area contributed by atoms with Crippen molar-refractivity contribution in [2.45, 2.75) is 78.1 Å². The number of aryl methyl sites for hydroxylation is 1. The summed E-state index contributed by atoms with van der Waals surface area (Å²) in [5.41, 5.74) is 2.88. The molecule has 186 valence electrons. The average Bonchev–Trinajstić information content (AvgIpc) is 2.86.